The monoisotopic (exact) mass is 276 g/mol. The van der Waals surface area contributed by atoms with Gasteiger partial charge in [-0.25, -0.2) is 4.79 Å². The third-order valence-electron chi connectivity index (χ3n) is 4.40. The van der Waals surface area contributed by atoms with Crippen LogP contribution in [0.4, 0.5) is 0 Å². The molecule has 3 heteroatoms. The zero-order valence-electron chi connectivity index (χ0n) is 12.3. The Morgan fingerprint density at radius 2 is 1.95 bits per heavy atom. The van der Waals surface area contributed by atoms with Crippen LogP contribution in [-0.2, 0) is 9.53 Å². The van der Waals surface area contributed by atoms with Gasteiger partial charge in [0.2, 0.25) is 0 Å². The predicted octanol–water partition coefficient (Wildman–Crippen LogP) is 3.27. The lowest BCUT2D eigenvalue weighted by Crippen LogP contribution is -2.47. The van der Waals surface area contributed by atoms with E-state index >= 15 is 0 Å². The lowest BCUT2D eigenvalue weighted by molar-refractivity contribution is -0.171. The predicted molar refractivity (Wildman–Crippen MR) is 78.4 cm³/mol. The van der Waals surface area contributed by atoms with Crippen LogP contribution in [0.15, 0.2) is 30.3 Å². The Balaban J connectivity index is 2.25. The maximum atomic E-state index is 12.1. The molecule has 0 saturated heterocycles. The van der Waals surface area contributed by atoms with E-state index in [1.54, 1.807) is 13.8 Å². The van der Waals surface area contributed by atoms with Crippen molar-refractivity contribution in [2.45, 2.75) is 51.0 Å². The molecule has 1 aliphatic carbocycles. The van der Waals surface area contributed by atoms with Gasteiger partial charge < -0.3 is 9.84 Å². The molecule has 0 radical (unpaired) electrons. The molecule has 0 heterocycles. The zero-order valence-corrected chi connectivity index (χ0v) is 12.3. The second kappa shape index (κ2) is 6.40. The van der Waals surface area contributed by atoms with E-state index in [9.17, 15) is 9.90 Å². The van der Waals surface area contributed by atoms with Gasteiger partial charge in [0, 0.05) is 5.92 Å². The number of aliphatic hydroxyl groups is 1. The van der Waals surface area contributed by atoms with E-state index in [-0.39, 0.29) is 11.8 Å². The van der Waals surface area contributed by atoms with Crippen molar-refractivity contribution in [1.29, 1.82) is 0 Å². The molecule has 1 aromatic rings. The van der Waals surface area contributed by atoms with E-state index in [2.05, 4.69) is 12.1 Å². The minimum Gasteiger partial charge on any atom is -0.464 e. The normalized spacial score (nSPS) is 25.8. The smallest absolute Gasteiger partial charge is 0.338 e. The van der Waals surface area contributed by atoms with Gasteiger partial charge in [-0.1, -0.05) is 43.2 Å². The van der Waals surface area contributed by atoms with Crippen molar-refractivity contribution >= 4 is 5.97 Å². The van der Waals surface area contributed by atoms with Crippen LogP contribution in [0.25, 0.3) is 0 Å². The highest BCUT2D eigenvalue weighted by Gasteiger charge is 2.45. The molecule has 3 atom stereocenters. The van der Waals surface area contributed by atoms with Gasteiger partial charge in [-0.05, 0) is 38.2 Å². The molecule has 0 aliphatic heterocycles. The van der Waals surface area contributed by atoms with E-state index in [1.807, 2.05) is 18.2 Å². The second-order valence-electron chi connectivity index (χ2n) is 5.78. The average Bonchev–Trinajstić information content (AvgIpc) is 2.48. The Bertz CT molecular complexity index is 439. The standard InChI is InChI=1S/C17H24O3/c1-3-20-16(18)17(2,19)15-12-8-7-11-14(15)13-9-5-4-6-10-13/h4-6,9-10,14-15,19H,3,7-8,11-12H2,1-2H3. The van der Waals surface area contributed by atoms with Gasteiger partial charge in [0.1, 0.15) is 0 Å². The van der Waals surface area contributed by atoms with Crippen molar-refractivity contribution in [3.8, 4) is 0 Å². The van der Waals surface area contributed by atoms with Crippen molar-refractivity contribution < 1.29 is 14.6 Å². The molecule has 1 N–H and O–H groups in total. The Morgan fingerprint density at radius 1 is 1.30 bits per heavy atom. The van der Waals surface area contributed by atoms with Gasteiger partial charge in [0.25, 0.3) is 0 Å². The van der Waals surface area contributed by atoms with Crippen molar-refractivity contribution in [3.05, 3.63) is 35.9 Å². The first kappa shape index (κ1) is 15.0. The van der Waals surface area contributed by atoms with Gasteiger partial charge in [-0.3, -0.25) is 0 Å². The van der Waals surface area contributed by atoms with Crippen molar-refractivity contribution in [3.63, 3.8) is 0 Å². The maximum absolute atomic E-state index is 12.1. The molecule has 0 aromatic heterocycles. The molecule has 2 rings (SSSR count). The molecular formula is C17H24O3. The number of ether oxygens (including phenoxy) is 1. The average molecular weight is 276 g/mol. The summed E-state index contributed by atoms with van der Waals surface area (Å²) in [4.78, 5) is 12.1. The first-order chi connectivity index (χ1) is 9.57. The Kier molecular flexibility index (Phi) is 4.81. The minimum absolute atomic E-state index is 0.0716. The summed E-state index contributed by atoms with van der Waals surface area (Å²) in [5.41, 5.74) is -0.196. The summed E-state index contributed by atoms with van der Waals surface area (Å²) in [6.45, 7) is 3.68. The van der Waals surface area contributed by atoms with E-state index in [0.29, 0.717) is 6.61 Å². The van der Waals surface area contributed by atoms with E-state index in [0.717, 1.165) is 25.7 Å². The summed E-state index contributed by atoms with van der Waals surface area (Å²) in [7, 11) is 0. The number of hydrogen-bond acceptors (Lipinski definition) is 3. The van der Waals surface area contributed by atoms with Crippen LogP contribution in [-0.4, -0.2) is 23.3 Å². The highest BCUT2D eigenvalue weighted by molar-refractivity contribution is 5.79. The van der Waals surface area contributed by atoms with Crippen LogP contribution in [0, 0.1) is 5.92 Å². The largest absolute Gasteiger partial charge is 0.464 e. The van der Waals surface area contributed by atoms with Gasteiger partial charge in [-0.2, -0.15) is 0 Å². The second-order valence-corrected chi connectivity index (χ2v) is 5.78. The summed E-state index contributed by atoms with van der Waals surface area (Å²) < 4.78 is 5.06. The molecule has 20 heavy (non-hydrogen) atoms. The SMILES string of the molecule is CCOC(=O)C(C)(O)C1CCCCC1c1ccccc1. The molecule has 0 spiro atoms. The molecule has 1 saturated carbocycles. The summed E-state index contributed by atoms with van der Waals surface area (Å²) >= 11 is 0. The van der Waals surface area contributed by atoms with E-state index in [1.165, 1.54) is 5.56 Å². The van der Waals surface area contributed by atoms with Gasteiger partial charge in [-0.15, -0.1) is 0 Å². The Morgan fingerprint density at radius 3 is 2.60 bits per heavy atom. The van der Waals surface area contributed by atoms with Crippen LogP contribution in [0.3, 0.4) is 0 Å². The molecular weight excluding hydrogens is 252 g/mol. The van der Waals surface area contributed by atoms with Crippen molar-refractivity contribution in [2.24, 2.45) is 5.92 Å². The van der Waals surface area contributed by atoms with Crippen LogP contribution >= 0.6 is 0 Å². The number of rotatable bonds is 4. The van der Waals surface area contributed by atoms with Gasteiger partial charge in [0.15, 0.2) is 5.60 Å². The summed E-state index contributed by atoms with van der Waals surface area (Å²) in [5, 5.41) is 10.7. The third-order valence-corrected chi connectivity index (χ3v) is 4.40. The molecule has 110 valence electrons. The first-order valence-corrected chi connectivity index (χ1v) is 7.52. The summed E-state index contributed by atoms with van der Waals surface area (Å²) in [5.74, 6) is -0.338. The highest BCUT2D eigenvalue weighted by Crippen LogP contribution is 2.43. The maximum Gasteiger partial charge on any atom is 0.338 e. The van der Waals surface area contributed by atoms with Crippen LogP contribution in [0.2, 0.25) is 0 Å². The molecule has 0 amide bonds. The molecule has 1 aliphatic rings. The van der Waals surface area contributed by atoms with Gasteiger partial charge >= 0.3 is 5.97 Å². The van der Waals surface area contributed by atoms with Crippen molar-refractivity contribution in [1.82, 2.24) is 0 Å². The van der Waals surface area contributed by atoms with Crippen LogP contribution in [0.1, 0.15) is 51.0 Å². The molecule has 1 fully saturated rings. The molecule has 0 bridgehead atoms. The number of carbonyl (C=O) groups is 1. The topological polar surface area (TPSA) is 46.5 Å². The summed E-state index contributed by atoms with van der Waals surface area (Å²) in [6.07, 6.45) is 4.09. The molecule has 3 unspecified atom stereocenters. The van der Waals surface area contributed by atoms with Crippen molar-refractivity contribution in [2.75, 3.05) is 6.61 Å². The fourth-order valence-corrected chi connectivity index (χ4v) is 3.33. The van der Waals surface area contributed by atoms with Crippen LogP contribution < -0.4 is 0 Å². The molecule has 3 nitrogen and oxygen atoms in total. The highest BCUT2D eigenvalue weighted by atomic mass is 16.5. The Hall–Kier alpha value is -1.35. The van der Waals surface area contributed by atoms with Gasteiger partial charge in [0.05, 0.1) is 6.61 Å². The van der Waals surface area contributed by atoms with E-state index < -0.39 is 11.6 Å². The number of carbonyl (C=O) groups excluding carboxylic acids is 1. The first-order valence-electron chi connectivity index (χ1n) is 7.52. The fourth-order valence-electron chi connectivity index (χ4n) is 3.33. The minimum atomic E-state index is -1.41. The molecule has 1 aromatic carbocycles. The third kappa shape index (κ3) is 3.04. The number of benzene rings is 1. The Labute approximate surface area is 121 Å². The quantitative estimate of drug-likeness (QED) is 0.858. The number of esters is 1. The summed E-state index contributed by atoms with van der Waals surface area (Å²) in [6, 6.07) is 10.2. The van der Waals surface area contributed by atoms with Crippen LogP contribution in [0.5, 0.6) is 0 Å². The number of hydrogen-bond donors (Lipinski definition) is 1. The van der Waals surface area contributed by atoms with E-state index in [4.69, 9.17) is 4.74 Å². The lowest BCUT2D eigenvalue weighted by Gasteiger charge is -2.39. The fraction of sp³-hybridized carbons (Fsp3) is 0.588. The zero-order chi connectivity index (χ0) is 14.6. The lowest BCUT2D eigenvalue weighted by atomic mass is 9.68.